The maximum atomic E-state index is 10.8. The van der Waals surface area contributed by atoms with E-state index >= 15 is 0 Å². The number of carboxylic acid groups (broad SMARTS) is 2. The minimum Gasteiger partial charge on any atom is -0.481 e. The lowest BCUT2D eigenvalue weighted by Crippen LogP contribution is -2.39. The highest BCUT2D eigenvalue weighted by Gasteiger charge is 2.19. The summed E-state index contributed by atoms with van der Waals surface area (Å²) in [5.74, 6) is -2.32. The number of carbonyl (C=O) groups is 2. The Bertz CT molecular complexity index is 436. The predicted molar refractivity (Wildman–Crippen MR) is 66.8 cm³/mol. The van der Waals surface area contributed by atoms with Crippen molar-refractivity contribution in [1.29, 1.82) is 0 Å². The average Bonchev–Trinajstić information content (AvgIpc) is 2.29. The zero-order chi connectivity index (χ0) is 13.5. The summed E-state index contributed by atoms with van der Waals surface area (Å²) in [7, 11) is 0. The zero-order valence-electron chi connectivity index (χ0n) is 9.60. The van der Waals surface area contributed by atoms with Crippen LogP contribution < -0.4 is 5.32 Å². The number of hydrogen-bond acceptors (Lipinski definition) is 3. The van der Waals surface area contributed by atoms with Crippen LogP contribution in [0.1, 0.15) is 12.0 Å². The molecular formula is C12H14ClNO4. The molecule has 0 saturated carbocycles. The molecule has 0 aliphatic carbocycles. The Morgan fingerprint density at radius 1 is 1.28 bits per heavy atom. The Morgan fingerprint density at radius 3 is 2.50 bits per heavy atom. The van der Waals surface area contributed by atoms with Crippen LogP contribution in [0.25, 0.3) is 0 Å². The second-order valence-electron chi connectivity index (χ2n) is 3.78. The molecule has 0 fully saturated rings. The van der Waals surface area contributed by atoms with E-state index in [-0.39, 0.29) is 0 Å². The Hall–Kier alpha value is -1.59. The van der Waals surface area contributed by atoms with Gasteiger partial charge in [-0.1, -0.05) is 29.8 Å². The third kappa shape index (κ3) is 4.73. The van der Waals surface area contributed by atoms with Crippen LogP contribution in [0.5, 0.6) is 0 Å². The van der Waals surface area contributed by atoms with Gasteiger partial charge in [0.2, 0.25) is 0 Å². The highest BCUT2D eigenvalue weighted by Crippen LogP contribution is 2.14. The fraction of sp³-hybridized carbons (Fsp3) is 0.333. The van der Waals surface area contributed by atoms with Crippen molar-refractivity contribution in [2.75, 3.05) is 6.54 Å². The van der Waals surface area contributed by atoms with E-state index in [9.17, 15) is 9.59 Å². The molecule has 0 saturated heterocycles. The molecule has 5 nitrogen and oxygen atoms in total. The molecule has 18 heavy (non-hydrogen) atoms. The van der Waals surface area contributed by atoms with Gasteiger partial charge in [0.15, 0.2) is 0 Å². The third-order valence-corrected chi connectivity index (χ3v) is 2.79. The molecule has 0 aliphatic heterocycles. The highest BCUT2D eigenvalue weighted by atomic mass is 35.5. The second kappa shape index (κ2) is 6.98. The predicted octanol–water partition coefficient (Wildman–Crippen LogP) is 1.40. The highest BCUT2D eigenvalue weighted by molar-refractivity contribution is 6.31. The fourth-order valence-corrected chi connectivity index (χ4v) is 1.73. The van der Waals surface area contributed by atoms with E-state index in [1.807, 2.05) is 18.2 Å². The number of rotatable bonds is 7. The van der Waals surface area contributed by atoms with E-state index in [0.29, 0.717) is 18.0 Å². The summed E-state index contributed by atoms with van der Waals surface area (Å²) in [5.41, 5.74) is 0.895. The van der Waals surface area contributed by atoms with Gasteiger partial charge in [-0.05, 0) is 18.1 Å². The van der Waals surface area contributed by atoms with Crippen molar-refractivity contribution in [3.8, 4) is 0 Å². The van der Waals surface area contributed by atoms with Gasteiger partial charge in [0, 0.05) is 11.6 Å². The van der Waals surface area contributed by atoms with Gasteiger partial charge >= 0.3 is 11.9 Å². The number of halogens is 1. The molecule has 0 spiro atoms. The molecule has 1 rings (SSSR count). The van der Waals surface area contributed by atoms with Crippen molar-refractivity contribution < 1.29 is 19.8 Å². The molecule has 0 radical (unpaired) electrons. The van der Waals surface area contributed by atoms with Crippen molar-refractivity contribution in [3.63, 3.8) is 0 Å². The van der Waals surface area contributed by atoms with Crippen LogP contribution in [0.15, 0.2) is 24.3 Å². The summed E-state index contributed by atoms with van der Waals surface area (Å²) in [6, 6.07) is 6.17. The van der Waals surface area contributed by atoms with E-state index in [2.05, 4.69) is 5.32 Å². The summed E-state index contributed by atoms with van der Waals surface area (Å²) < 4.78 is 0. The van der Waals surface area contributed by atoms with Crippen molar-refractivity contribution in [1.82, 2.24) is 5.32 Å². The van der Waals surface area contributed by atoms with Crippen molar-refractivity contribution >= 4 is 23.5 Å². The van der Waals surface area contributed by atoms with E-state index in [0.717, 1.165) is 5.56 Å². The third-order valence-electron chi connectivity index (χ3n) is 2.42. The first-order chi connectivity index (χ1) is 8.50. The molecule has 0 bridgehead atoms. The number of carboxylic acids is 2. The first-order valence-corrected chi connectivity index (χ1v) is 5.80. The fourth-order valence-electron chi connectivity index (χ4n) is 1.50. The van der Waals surface area contributed by atoms with Crippen LogP contribution in [0.4, 0.5) is 0 Å². The summed E-state index contributed by atoms with van der Waals surface area (Å²) in [6.07, 6.45) is 0.0981. The minimum atomic E-state index is -1.17. The smallest absolute Gasteiger partial charge is 0.321 e. The normalized spacial score (nSPS) is 12.1. The van der Waals surface area contributed by atoms with E-state index in [1.54, 1.807) is 6.07 Å². The lowest BCUT2D eigenvalue weighted by Gasteiger charge is -2.12. The van der Waals surface area contributed by atoms with Crippen LogP contribution in [-0.2, 0) is 16.0 Å². The summed E-state index contributed by atoms with van der Waals surface area (Å²) in [4.78, 5) is 21.3. The molecular weight excluding hydrogens is 258 g/mol. The van der Waals surface area contributed by atoms with Gasteiger partial charge in [0.25, 0.3) is 0 Å². The number of aliphatic carboxylic acids is 2. The van der Waals surface area contributed by atoms with Crippen molar-refractivity contribution in [2.24, 2.45) is 0 Å². The number of hydrogen-bond donors (Lipinski definition) is 3. The van der Waals surface area contributed by atoms with Crippen molar-refractivity contribution in [2.45, 2.75) is 18.9 Å². The molecule has 1 aromatic rings. The number of nitrogens with one attached hydrogen (secondary N) is 1. The maximum Gasteiger partial charge on any atom is 0.321 e. The van der Waals surface area contributed by atoms with Crippen LogP contribution in [0, 0.1) is 0 Å². The Balaban J connectivity index is 2.46. The summed E-state index contributed by atoms with van der Waals surface area (Å²) in [6.45, 7) is 0.355. The molecule has 0 unspecified atom stereocenters. The summed E-state index contributed by atoms with van der Waals surface area (Å²) in [5, 5.41) is 20.7. The number of benzene rings is 1. The second-order valence-corrected chi connectivity index (χ2v) is 4.19. The molecule has 0 aliphatic rings. The van der Waals surface area contributed by atoms with Gasteiger partial charge in [-0.25, -0.2) is 0 Å². The SMILES string of the molecule is O=C(O)C[C@H](NCCc1ccccc1Cl)C(=O)O. The molecule has 98 valence electrons. The molecule has 3 N–H and O–H groups in total. The Labute approximate surface area is 109 Å². The van der Waals surface area contributed by atoms with Gasteiger partial charge in [0.05, 0.1) is 6.42 Å². The van der Waals surface area contributed by atoms with Crippen LogP contribution in [-0.4, -0.2) is 34.7 Å². The lowest BCUT2D eigenvalue weighted by molar-refractivity contribution is -0.145. The maximum absolute atomic E-state index is 10.8. The monoisotopic (exact) mass is 271 g/mol. The largest absolute Gasteiger partial charge is 0.481 e. The van der Waals surface area contributed by atoms with Gasteiger partial charge in [-0.2, -0.15) is 0 Å². The topological polar surface area (TPSA) is 86.6 Å². The van der Waals surface area contributed by atoms with Gasteiger partial charge in [-0.15, -0.1) is 0 Å². The quantitative estimate of drug-likeness (QED) is 0.698. The summed E-state index contributed by atoms with van der Waals surface area (Å²) >= 11 is 5.95. The first-order valence-electron chi connectivity index (χ1n) is 5.42. The average molecular weight is 272 g/mol. The van der Waals surface area contributed by atoms with E-state index in [1.165, 1.54) is 0 Å². The van der Waals surface area contributed by atoms with Crippen LogP contribution in [0.3, 0.4) is 0 Å². The van der Waals surface area contributed by atoms with E-state index in [4.69, 9.17) is 21.8 Å². The van der Waals surface area contributed by atoms with Crippen LogP contribution in [0.2, 0.25) is 5.02 Å². The van der Waals surface area contributed by atoms with E-state index < -0.39 is 24.4 Å². The van der Waals surface area contributed by atoms with Crippen LogP contribution >= 0.6 is 11.6 Å². The molecule has 1 atom stereocenters. The Kier molecular flexibility index (Phi) is 5.61. The lowest BCUT2D eigenvalue weighted by atomic mass is 10.1. The Morgan fingerprint density at radius 2 is 1.94 bits per heavy atom. The van der Waals surface area contributed by atoms with Gasteiger partial charge in [0.1, 0.15) is 6.04 Å². The van der Waals surface area contributed by atoms with Gasteiger partial charge in [-0.3, -0.25) is 9.59 Å². The molecule has 0 heterocycles. The zero-order valence-corrected chi connectivity index (χ0v) is 10.4. The van der Waals surface area contributed by atoms with Gasteiger partial charge < -0.3 is 15.5 Å². The molecule has 0 aromatic heterocycles. The van der Waals surface area contributed by atoms with Crippen molar-refractivity contribution in [3.05, 3.63) is 34.9 Å². The molecule has 0 amide bonds. The minimum absolute atomic E-state index is 0.355. The standard InChI is InChI=1S/C12H14ClNO4/c13-9-4-2-1-3-8(9)5-6-14-10(12(17)18)7-11(15)16/h1-4,10,14H,5-7H2,(H,15,16)(H,17,18)/t10-/m0/s1. The molecule has 1 aromatic carbocycles. The first kappa shape index (κ1) is 14.5. The molecule has 6 heteroatoms.